The number of hydrogen-bond acceptors (Lipinski definition) is 3. The van der Waals surface area contributed by atoms with Crippen molar-refractivity contribution in [1.82, 2.24) is 14.7 Å². The van der Waals surface area contributed by atoms with E-state index in [0.717, 1.165) is 0 Å². The Morgan fingerprint density at radius 2 is 0.680 bits per heavy atom. The third kappa shape index (κ3) is 13.5. The fraction of sp³-hybridized carbons (Fsp3) is 1.00. The van der Waals surface area contributed by atoms with Crippen LogP contribution in [0.15, 0.2) is 0 Å². The molecule has 0 amide bonds. The maximum absolute atomic E-state index is 2.61. The zero-order valence-corrected chi connectivity index (χ0v) is 21.8. The van der Waals surface area contributed by atoms with Crippen molar-refractivity contribution in [3.8, 4) is 0 Å². The quantitative estimate of drug-likeness (QED) is 0.280. The van der Waals surface area contributed by atoms with Gasteiger partial charge in [-0.25, -0.2) is 0 Å². The van der Waals surface area contributed by atoms with E-state index in [-0.39, 0.29) is 0 Å². The summed E-state index contributed by atoms with van der Waals surface area (Å²) in [7, 11) is 0. The molecule has 0 aliphatic heterocycles. The molecule has 0 fully saturated rings. The van der Waals surface area contributed by atoms with Crippen molar-refractivity contribution in [2.24, 2.45) is 0 Å². The molecule has 0 heterocycles. The molecular formula is C21H49N3Sn. The molecule has 0 N–H and O–H groups in total. The van der Waals surface area contributed by atoms with Crippen molar-refractivity contribution >= 4 is 19.8 Å². The van der Waals surface area contributed by atoms with Crippen LogP contribution in [0.25, 0.3) is 0 Å². The standard InChI is InChI=1S/3C7H16N.Sn.H/c3*1-4-7-8(5-2)6-3;;/h3*1,4-7H2,2-3H3;;. The first-order valence-electron chi connectivity index (χ1n) is 11.3. The van der Waals surface area contributed by atoms with Crippen LogP contribution < -0.4 is 0 Å². The van der Waals surface area contributed by atoms with Crippen LogP contribution in [-0.2, 0) is 0 Å². The molecule has 0 aliphatic carbocycles. The predicted molar refractivity (Wildman–Crippen MR) is 119 cm³/mol. The Morgan fingerprint density at radius 1 is 0.440 bits per heavy atom. The monoisotopic (exact) mass is 463 g/mol. The van der Waals surface area contributed by atoms with Crippen LogP contribution in [0.4, 0.5) is 0 Å². The molecule has 0 bridgehead atoms. The van der Waals surface area contributed by atoms with E-state index in [4.69, 9.17) is 0 Å². The summed E-state index contributed by atoms with van der Waals surface area (Å²) in [6.45, 7) is 25.2. The van der Waals surface area contributed by atoms with E-state index < -0.39 is 19.8 Å². The molecule has 4 heteroatoms. The van der Waals surface area contributed by atoms with Crippen molar-refractivity contribution < 1.29 is 0 Å². The SMILES string of the molecule is CCN(CC)CC[CH2][SnH]([CH2]CCN(CC)CC)[CH2]CCN(CC)CC. The van der Waals surface area contributed by atoms with Gasteiger partial charge in [-0.05, 0) is 0 Å². The van der Waals surface area contributed by atoms with Crippen LogP contribution in [-0.4, -0.2) is 93.4 Å². The average molecular weight is 462 g/mol. The molecular weight excluding hydrogens is 413 g/mol. The van der Waals surface area contributed by atoms with Crippen LogP contribution in [0.5, 0.6) is 0 Å². The third-order valence-corrected chi connectivity index (χ3v) is 16.4. The van der Waals surface area contributed by atoms with Crippen molar-refractivity contribution in [3.63, 3.8) is 0 Å². The minimum absolute atomic E-state index is 1.22. The normalized spacial score (nSPS) is 12.2. The Labute approximate surface area is 167 Å². The van der Waals surface area contributed by atoms with Gasteiger partial charge in [0.25, 0.3) is 0 Å². The van der Waals surface area contributed by atoms with Gasteiger partial charge in [0.05, 0.1) is 0 Å². The van der Waals surface area contributed by atoms with Crippen molar-refractivity contribution in [2.75, 3.05) is 58.9 Å². The molecule has 0 aromatic rings. The van der Waals surface area contributed by atoms with Gasteiger partial charge in [0.15, 0.2) is 0 Å². The van der Waals surface area contributed by atoms with Gasteiger partial charge >= 0.3 is 167 Å². The summed E-state index contributed by atoms with van der Waals surface area (Å²) in [6.07, 6.45) is 4.41. The molecule has 0 radical (unpaired) electrons. The van der Waals surface area contributed by atoms with Gasteiger partial charge in [-0.3, -0.25) is 0 Å². The van der Waals surface area contributed by atoms with Crippen molar-refractivity contribution in [3.05, 3.63) is 0 Å². The topological polar surface area (TPSA) is 9.72 Å². The van der Waals surface area contributed by atoms with E-state index in [2.05, 4.69) is 56.2 Å². The Hall–Kier alpha value is 0.679. The Balaban J connectivity index is 4.24. The van der Waals surface area contributed by atoms with Crippen molar-refractivity contribution in [1.29, 1.82) is 0 Å². The maximum atomic E-state index is 2.61. The van der Waals surface area contributed by atoms with Gasteiger partial charge in [-0.1, -0.05) is 0 Å². The molecule has 0 saturated carbocycles. The van der Waals surface area contributed by atoms with Crippen LogP contribution in [0.1, 0.15) is 60.8 Å². The number of hydrogen-bond donors (Lipinski definition) is 0. The third-order valence-electron chi connectivity index (χ3n) is 5.94. The van der Waals surface area contributed by atoms with Crippen molar-refractivity contribution in [2.45, 2.75) is 74.1 Å². The fourth-order valence-corrected chi connectivity index (χ4v) is 12.8. The molecule has 0 atom stereocenters. The van der Waals surface area contributed by atoms with Gasteiger partial charge < -0.3 is 0 Å². The first-order chi connectivity index (χ1) is 12.1. The molecule has 0 spiro atoms. The molecule has 0 unspecified atom stereocenters. The first kappa shape index (κ1) is 25.7. The fourth-order valence-electron chi connectivity index (χ4n) is 3.86. The second-order valence-electron chi connectivity index (χ2n) is 7.37. The summed E-state index contributed by atoms with van der Waals surface area (Å²) in [5.74, 6) is 0. The van der Waals surface area contributed by atoms with E-state index >= 15 is 0 Å². The van der Waals surface area contributed by atoms with E-state index in [9.17, 15) is 0 Å². The summed E-state index contributed by atoms with van der Waals surface area (Å²) in [5.41, 5.74) is 0. The zero-order chi connectivity index (χ0) is 18.9. The molecule has 0 saturated heterocycles. The van der Waals surface area contributed by atoms with Gasteiger partial charge in [-0.2, -0.15) is 0 Å². The molecule has 3 nitrogen and oxygen atoms in total. The molecule has 0 aromatic heterocycles. The number of nitrogens with zero attached hydrogens (tertiary/aromatic N) is 3. The number of rotatable bonds is 18. The zero-order valence-electron chi connectivity index (χ0n) is 18.5. The first-order valence-corrected chi connectivity index (χ1v) is 18.3. The summed E-state index contributed by atoms with van der Waals surface area (Å²) in [4.78, 5) is 7.82. The average Bonchev–Trinajstić information content (AvgIpc) is 2.65. The Kier molecular flexibility index (Phi) is 18.6. The molecule has 0 rings (SSSR count). The van der Waals surface area contributed by atoms with Gasteiger partial charge in [-0.15, -0.1) is 0 Å². The van der Waals surface area contributed by atoms with Gasteiger partial charge in [0.2, 0.25) is 0 Å². The molecule has 0 aliphatic rings. The summed E-state index contributed by atoms with van der Waals surface area (Å²) in [5, 5.41) is 0. The van der Waals surface area contributed by atoms with Crippen LogP contribution in [0.3, 0.4) is 0 Å². The second kappa shape index (κ2) is 18.1. The van der Waals surface area contributed by atoms with Crippen LogP contribution in [0.2, 0.25) is 13.3 Å². The van der Waals surface area contributed by atoms with E-state index in [1.54, 1.807) is 13.3 Å². The van der Waals surface area contributed by atoms with Crippen LogP contribution >= 0.6 is 0 Å². The minimum atomic E-state index is -1.32. The summed E-state index contributed by atoms with van der Waals surface area (Å²) in [6, 6.07) is 0. The van der Waals surface area contributed by atoms with Gasteiger partial charge in [0, 0.05) is 0 Å². The predicted octanol–water partition coefficient (Wildman–Crippen LogP) is 4.41. The van der Waals surface area contributed by atoms with Crippen LogP contribution in [0, 0.1) is 0 Å². The molecule has 25 heavy (non-hydrogen) atoms. The van der Waals surface area contributed by atoms with E-state index in [0.29, 0.717) is 0 Å². The molecule has 152 valence electrons. The summed E-state index contributed by atoms with van der Waals surface area (Å²) < 4.78 is 4.90. The Bertz CT molecular complexity index is 221. The Morgan fingerprint density at radius 3 is 0.880 bits per heavy atom. The summed E-state index contributed by atoms with van der Waals surface area (Å²) >= 11 is -1.32. The van der Waals surface area contributed by atoms with E-state index in [1.807, 2.05) is 0 Å². The van der Waals surface area contributed by atoms with Gasteiger partial charge in [0.1, 0.15) is 0 Å². The van der Waals surface area contributed by atoms with E-state index in [1.165, 1.54) is 78.2 Å². The second-order valence-corrected chi connectivity index (χ2v) is 17.3. The molecule has 0 aromatic carbocycles.